The Labute approximate surface area is 179 Å². The van der Waals surface area contributed by atoms with Gasteiger partial charge in [0.1, 0.15) is 11.6 Å². The first-order valence-corrected chi connectivity index (χ1v) is 10.3. The fraction of sp³-hybridized carbons (Fsp3) is 0.261. The molecule has 1 aliphatic heterocycles. The second-order valence-electron chi connectivity index (χ2n) is 7.64. The Bertz CT molecular complexity index is 1210. The lowest BCUT2D eigenvalue weighted by Gasteiger charge is -2.38. The number of ether oxygens (including phenoxy) is 1. The summed E-state index contributed by atoms with van der Waals surface area (Å²) < 4.78 is 7.94. The highest BCUT2D eigenvalue weighted by atomic mass is 16.5. The zero-order chi connectivity index (χ0) is 21.2. The Morgan fingerprint density at radius 2 is 1.84 bits per heavy atom. The van der Waals surface area contributed by atoms with Crippen molar-refractivity contribution in [1.29, 1.82) is 0 Å². The first kappa shape index (κ1) is 19.2. The quantitative estimate of drug-likeness (QED) is 0.510. The average molecular weight is 414 g/mol. The number of hydrogen-bond acceptors (Lipinski definition) is 6. The molecule has 1 saturated heterocycles. The van der Waals surface area contributed by atoms with Crippen molar-refractivity contribution in [3.05, 3.63) is 72.9 Å². The number of likely N-dealkylation sites (tertiary alicyclic amines) is 1. The molecular formula is C23H22N6O2. The third-order valence-corrected chi connectivity index (χ3v) is 5.63. The highest BCUT2D eigenvalue weighted by molar-refractivity contribution is 6.00. The summed E-state index contributed by atoms with van der Waals surface area (Å²) in [6.07, 6.45) is 10.1. The number of hydrogen-bond donors (Lipinski definition) is 0. The minimum atomic E-state index is -0.145. The van der Waals surface area contributed by atoms with Gasteiger partial charge in [0.25, 0.3) is 5.91 Å². The van der Waals surface area contributed by atoms with Crippen LogP contribution in [0.25, 0.3) is 16.9 Å². The largest absolute Gasteiger partial charge is 0.471 e. The predicted molar refractivity (Wildman–Crippen MR) is 115 cm³/mol. The van der Waals surface area contributed by atoms with Crippen LogP contribution in [0.5, 0.6) is 5.88 Å². The minimum Gasteiger partial charge on any atom is -0.471 e. The van der Waals surface area contributed by atoms with Crippen molar-refractivity contribution in [1.82, 2.24) is 29.5 Å². The summed E-state index contributed by atoms with van der Waals surface area (Å²) in [7, 11) is 0. The second kappa shape index (κ2) is 8.14. The molecule has 0 bridgehead atoms. The number of fused-ring (bicyclic) bond motifs is 1. The summed E-state index contributed by atoms with van der Waals surface area (Å²) in [6, 6.07) is 11.2. The standard InChI is InChI=1S/C23H22N6O2/c1-16-7-8-17(31-22-20-9-12-27-29(20)14-13-26-22)15-28(16)23(30)19-6-3-2-5-18(19)21-24-10-4-11-25-21/h2-6,9-14,16-17H,7-8,15H2,1H3/t16-,17-/m1/s1. The Balaban J connectivity index is 1.40. The molecule has 4 aromatic rings. The van der Waals surface area contributed by atoms with Crippen molar-refractivity contribution < 1.29 is 9.53 Å². The van der Waals surface area contributed by atoms with Gasteiger partial charge in [-0.1, -0.05) is 18.2 Å². The molecule has 0 spiro atoms. The Kier molecular flexibility index (Phi) is 5.03. The number of rotatable bonds is 4. The molecule has 1 fully saturated rings. The van der Waals surface area contributed by atoms with E-state index in [-0.39, 0.29) is 18.1 Å². The molecule has 4 heterocycles. The van der Waals surface area contributed by atoms with Gasteiger partial charge in [0, 0.05) is 36.4 Å². The molecule has 0 unspecified atom stereocenters. The fourth-order valence-corrected chi connectivity index (χ4v) is 3.99. The zero-order valence-electron chi connectivity index (χ0n) is 17.1. The van der Waals surface area contributed by atoms with Crippen molar-refractivity contribution in [3.8, 4) is 17.3 Å². The van der Waals surface area contributed by atoms with Crippen LogP contribution in [-0.2, 0) is 0 Å². The van der Waals surface area contributed by atoms with Crippen molar-refractivity contribution in [2.45, 2.75) is 31.9 Å². The highest BCUT2D eigenvalue weighted by Crippen LogP contribution is 2.27. The molecule has 0 radical (unpaired) electrons. The molecule has 5 rings (SSSR count). The van der Waals surface area contributed by atoms with E-state index in [9.17, 15) is 4.79 Å². The van der Waals surface area contributed by atoms with Crippen LogP contribution in [-0.4, -0.2) is 54.1 Å². The summed E-state index contributed by atoms with van der Waals surface area (Å²) >= 11 is 0. The number of benzene rings is 1. The van der Waals surface area contributed by atoms with E-state index in [4.69, 9.17) is 4.74 Å². The fourth-order valence-electron chi connectivity index (χ4n) is 3.99. The zero-order valence-corrected chi connectivity index (χ0v) is 17.1. The smallest absolute Gasteiger partial charge is 0.254 e. The van der Waals surface area contributed by atoms with E-state index in [1.807, 2.05) is 35.2 Å². The maximum absolute atomic E-state index is 13.6. The summed E-state index contributed by atoms with van der Waals surface area (Å²) in [5.41, 5.74) is 2.14. The van der Waals surface area contributed by atoms with E-state index in [2.05, 4.69) is 27.0 Å². The van der Waals surface area contributed by atoms with Crippen LogP contribution in [0.3, 0.4) is 0 Å². The monoisotopic (exact) mass is 414 g/mol. The molecular weight excluding hydrogens is 392 g/mol. The minimum absolute atomic E-state index is 0.0422. The second-order valence-corrected chi connectivity index (χ2v) is 7.64. The van der Waals surface area contributed by atoms with Gasteiger partial charge in [-0.15, -0.1) is 0 Å². The molecule has 0 saturated carbocycles. The third-order valence-electron chi connectivity index (χ3n) is 5.63. The van der Waals surface area contributed by atoms with Gasteiger partial charge in [-0.3, -0.25) is 4.79 Å². The van der Waals surface area contributed by atoms with E-state index in [0.29, 0.717) is 23.8 Å². The van der Waals surface area contributed by atoms with Crippen LogP contribution in [0.15, 0.2) is 67.4 Å². The number of piperidine rings is 1. The molecule has 1 aromatic carbocycles. The van der Waals surface area contributed by atoms with Crippen LogP contribution in [0, 0.1) is 0 Å². The summed E-state index contributed by atoms with van der Waals surface area (Å²) in [6.45, 7) is 2.56. The van der Waals surface area contributed by atoms with Crippen molar-refractivity contribution >= 4 is 11.4 Å². The average Bonchev–Trinajstić information content (AvgIpc) is 3.30. The van der Waals surface area contributed by atoms with Crippen LogP contribution in [0.4, 0.5) is 0 Å². The van der Waals surface area contributed by atoms with Gasteiger partial charge < -0.3 is 9.64 Å². The number of carbonyl (C=O) groups is 1. The summed E-state index contributed by atoms with van der Waals surface area (Å²) in [5, 5.41) is 4.23. The molecule has 0 N–H and O–H groups in total. The number of aromatic nitrogens is 5. The van der Waals surface area contributed by atoms with Crippen LogP contribution >= 0.6 is 0 Å². The van der Waals surface area contributed by atoms with Crippen LogP contribution in [0.1, 0.15) is 30.1 Å². The summed E-state index contributed by atoms with van der Waals surface area (Å²) in [5.74, 6) is 1.03. The normalized spacial score (nSPS) is 18.8. The van der Waals surface area contributed by atoms with Gasteiger partial charge in [-0.05, 0) is 38.0 Å². The lowest BCUT2D eigenvalue weighted by molar-refractivity contribution is 0.0376. The predicted octanol–water partition coefficient (Wildman–Crippen LogP) is 3.26. The molecule has 2 atom stereocenters. The van der Waals surface area contributed by atoms with Gasteiger partial charge in [-0.25, -0.2) is 19.5 Å². The first-order valence-electron chi connectivity index (χ1n) is 10.3. The van der Waals surface area contributed by atoms with Crippen molar-refractivity contribution in [2.75, 3.05) is 6.54 Å². The van der Waals surface area contributed by atoms with Crippen LogP contribution in [0.2, 0.25) is 0 Å². The van der Waals surface area contributed by atoms with Crippen LogP contribution < -0.4 is 4.74 Å². The van der Waals surface area contributed by atoms with E-state index in [1.165, 1.54) is 0 Å². The number of carbonyl (C=O) groups excluding carboxylic acids is 1. The molecule has 156 valence electrons. The lowest BCUT2D eigenvalue weighted by atomic mass is 9.98. The topological polar surface area (TPSA) is 85.5 Å². The summed E-state index contributed by atoms with van der Waals surface area (Å²) in [4.78, 5) is 28.5. The van der Waals surface area contributed by atoms with Gasteiger partial charge >= 0.3 is 0 Å². The van der Waals surface area contributed by atoms with Gasteiger partial charge in [0.15, 0.2) is 5.82 Å². The molecule has 1 aliphatic rings. The highest BCUT2D eigenvalue weighted by Gasteiger charge is 2.32. The molecule has 8 heteroatoms. The Hall–Kier alpha value is -3.81. The van der Waals surface area contributed by atoms with Crippen molar-refractivity contribution in [2.24, 2.45) is 0 Å². The molecule has 8 nitrogen and oxygen atoms in total. The maximum Gasteiger partial charge on any atom is 0.254 e. The first-order chi connectivity index (χ1) is 15.2. The van der Waals surface area contributed by atoms with Gasteiger partial charge in [0.2, 0.25) is 5.88 Å². The van der Waals surface area contributed by atoms with E-state index in [0.717, 1.165) is 23.9 Å². The van der Waals surface area contributed by atoms with E-state index in [1.54, 1.807) is 41.6 Å². The number of amides is 1. The van der Waals surface area contributed by atoms with Crippen molar-refractivity contribution in [3.63, 3.8) is 0 Å². The molecule has 31 heavy (non-hydrogen) atoms. The molecule has 0 aliphatic carbocycles. The Morgan fingerprint density at radius 3 is 2.71 bits per heavy atom. The molecule has 1 amide bonds. The third kappa shape index (κ3) is 3.72. The Morgan fingerprint density at radius 1 is 1.00 bits per heavy atom. The molecule has 3 aromatic heterocycles. The van der Waals surface area contributed by atoms with Gasteiger partial charge in [-0.2, -0.15) is 5.10 Å². The SMILES string of the molecule is C[C@@H]1CC[C@@H](Oc2nccn3nccc23)CN1C(=O)c1ccccc1-c1ncccn1. The number of nitrogens with zero attached hydrogens (tertiary/aromatic N) is 6. The van der Waals surface area contributed by atoms with E-state index < -0.39 is 0 Å². The van der Waals surface area contributed by atoms with Gasteiger partial charge in [0.05, 0.1) is 18.3 Å². The maximum atomic E-state index is 13.6. The van der Waals surface area contributed by atoms with E-state index >= 15 is 0 Å². The lowest BCUT2D eigenvalue weighted by Crippen LogP contribution is -2.49.